The molecule has 0 spiro atoms. The fourth-order valence-electron chi connectivity index (χ4n) is 1.61. The van der Waals surface area contributed by atoms with Crippen LogP contribution in [0.25, 0.3) is 0 Å². The van der Waals surface area contributed by atoms with Crippen LogP contribution in [0, 0.1) is 5.41 Å². The van der Waals surface area contributed by atoms with Gasteiger partial charge in [-0.25, -0.2) is 0 Å². The van der Waals surface area contributed by atoms with Gasteiger partial charge in [-0.3, -0.25) is 15.0 Å². The van der Waals surface area contributed by atoms with Crippen molar-refractivity contribution in [2.75, 3.05) is 0 Å². The molecular weight excluding hydrogens is 284 g/mol. The summed E-state index contributed by atoms with van der Waals surface area (Å²) >= 11 is 0. The Morgan fingerprint density at radius 1 is 0.864 bits per heavy atom. The summed E-state index contributed by atoms with van der Waals surface area (Å²) in [7, 11) is 0. The lowest BCUT2D eigenvalue weighted by molar-refractivity contribution is -0.134. The Labute approximate surface area is 134 Å². The number of amides is 1. The first-order chi connectivity index (χ1) is 10.2. The van der Waals surface area contributed by atoms with Crippen molar-refractivity contribution in [3.63, 3.8) is 0 Å². The van der Waals surface area contributed by atoms with Crippen molar-refractivity contribution in [1.82, 2.24) is 0 Å². The van der Waals surface area contributed by atoms with E-state index >= 15 is 0 Å². The molecule has 0 atom stereocenters. The third-order valence-corrected chi connectivity index (χ3v) is 2.53. The van der Waals surface area contributed by atoms with Gasteiger partial charge in [0.15, 0.2) is 5.96 Å². The smallest absolute Gasteiger partial charge is 0.300 e. The first-order valence-electron chi connectivity index (χ1n) is 7.81. The normalized spacial score (nSPS) is 8.82. The largest absolute Gasteiger partial charge is 0.481 e. The summed E-state index contributed by atoms with van der Waals surface area (Å²) in [5.74, 6) is -1.33. The highest BCUT2D eigenvalue weighted by atomic mass is 16.4. The molecule has 0 aromatic heterocycles. The van der Waals surface area contributed by atoms with Crippen molar-refractivity contribution in [3.8, 4) is 0 Å². The predicted molar refractivity (Wildman–Crippen MR) is 90.4 cm³/mol. The van der Waals surface area contributed by atoms with Gasteiger partial charge in [-0.05, 0) is 6.42 Å². The SMILES string of the molecule is CC(=O)O.CCCCCCCCCCCC(N)=O.N=C(N)N. The lowest BCUT2D eigenvalue weighted by Crippen LogP contribution is -2.20. The van der Waals surface area contributed by atoms with Gasteiger partial charge in [0.25, 0.3) is 5.97 Å². The van der Waals surface area contributed by atoms with E-state index < -0.39 is 5.97 Å². The molecule has 0 aliphatic heterocycles. The van der Waals surface area contributed by atoms with Gasteiger partial charge in [-0.1, -0.05) is 58.3 Å². The molecule has 0 radical (unpaired) electrons. The van der Waals surface area contributed by atoms with E-state index in [9.17, 15) is 4.79 Å². The number of nitrogens with two attached hydrogens (primary N) is 3. The van der Waals surface area contributed by atoms with Gasteiger partial charge in [-0.2, -0.15) is 0 Å². The van der Waals surface area contributed by atoms with Gasteiger partial charge in [0, 0.05) is 13.3 Å². The minimum Gasteiger partial charge on any atom is -0.481 e. The van der Waals surface area contributed by atoms with E-state index in [0.29, 0.717) is 6.42 Å². The van der Waals surface area contributed by atoms with Crippen LogP contribution in [-0.4, -0.2) is 22.9 Å². The second kappa shape index (κ2) is 21.5. The lowest BCUT2D eigenvalue weighted by Gasteiger charge is -2.00. The summed E-state index contributed by atoms with van der Waals surface area (Å²) < 4.78 is 0. The minimum atomic E-state index is -0.833. The van der Waals surface area contributed by atoms with E-state index in [-0.39, 0.29) is 11.9 Å². The van der Waals surface area contributed by atoms with Gasteiger partial charge >= 0.3 is 0 Å². The van der Waals surface area contributed by atoms with E-state index in [1.165, 1.54) is 44.9 Å². The first kappa shape index (κ1) is 25.2. The average Bonchev–Trinajstić information content (AvgIpc) is 2.35. The van der Waals surface area contributed by atoms with Crippen molar-refractivity contribution < 1.29 is 14.7 Å². The molecule has 0 aliphatic rings. The Kier molecular flexibility index (Phi) is 24.6. The van der Waals surface area contributed by atoms with Gasteiger partial charge < -0.3 is 22.3 Å². The zero-order chi connectivity index (χ0) is 17.8. The van der Waals surface area contributed by atoms with E-state index in [4.69, 9.17) is 21.0 Å². The molecule has 0 rings (SSSR count). The number of hydrogen-bond acceptors (Lipinski definition) is 3. The second-order valence-corrected chi connectivity index (χ2v) is 5.02. The molecule has 0 saturated carbocycles. The van der Waals surface area contributed by atoms with Gasteiger partial charge in [0.1, 0.15) is 0 Å². The van der Waals surface area contributed by atoms with Crippen LogP contribution in [0.5, 0.6) is 0 Å². The topological polar surface area (TPSA) is 156 Å². The fourth-order valence-corrected chi connectivity index (χ4v) is 1.61. The Morgan fingerprint density at radius 3 is 1.41 bits per heavy atom. The van der Waals surface area contributed by atoms with Crippen LogP contribution in [0.3, 0.4) is 0 Å². The summed E-state index contributed by atoms with van der Waals surface area (Å²) in [6, 6.07) is 0. The predicted octanol–water partition coefficient (Wildman–Crippen LogP) is 2.32. The van der Waals surface area contributed by atoms with Crippen LogP contribution in [0.4, 0.5) is 0 Å². The van der Waals surface area contributed by atoms with Crippen LogP contribution < -0.4 is 17.2 Å². The summed E-state index contributed by atoms with van der Waals surface area (Å²) in [4.78, 5) is 19.4. The van der Waals surface area contributed by atoms with Crippen molar-refractivity contribution >= 4 is 17.8 Å². The maximum atomic E-state index is 10.4. The van der Waals surface area contributed by atoms with Crippen molar-refractivity contribution in [2.24, 2.45) is 17.2 Å². The third-order valence-electron chi connectivity index (χ3n) is 2.53. The molecule has 7 nitrogen and oxygen atoms in total. The molecule has 132 valence electrons. The number of unbranched alkanes of at least 4 members (excludes halogenated alkanes) is 8. The minimum absolute atomic E-state index is 0.159. The first-order valence-corrected chi connectivity index (χ1v) is 7.81. The van der Waals surface area contributed by atoms with E-state index in [1.807, 2.05) is 0 Å². The maximum absolute atomic E-state index is 10.4. The molecule has 0 saturated heterocycles. The quantitative estimate of drug-likeness (QED) is 0.237. The number of carbonyl (C=O) groups is 2. The second-order valence-electron chi connectivity index (χ2n) is 5.02. The van der Waals surface area contributed by atoms with E-state index in [2.05, 4.69) is 18.4 Å². The number of carbonyl (C=O) groups excluding carboxylic acids is 1. The monoisotopic (exact) mass is 318 g/mol. The van der Waals surface area contributed by atoms with Crippen molar-refractivity contribution in [2.45, 2.75) is 78.1 Å². The molecule has 22 heavy (non-hydrogen) atoms. The number of primary amides is 1. The molecule has 8 N–H and O–H groups in total. The molecule has 0 aromatic rings. The fraction of sp³-hybridized carbons (Fsp3) is 0.800. The molecular formula is C15H34N4O3. The molecule has 0 heterocycles. The Morgan fingerprint density at radius 2 is 1.14 bits per heavy atom. The number of carboxylic acid groups (broad SMARTS) is 1. The zero-order valence-corrected chi connectivity index (χ0v) is 14.1. The van der Waals surface area contributed by atoms with Crippen LogP contribution in [0.15, 0.2) is 0 Å². The van der Waals surface area contributed by atoms with E-state index in [1.54, 1.807) is 0 Å². The average molecular weight is 318 g/mol. The summed E-state index contributed by atoms with van der Waals surface area (Å²) in [5, 5.41) is 13.5. The third kappa shape index (κ3) is 63.6. The molecule has 0 unspecified atom stereocenters. The standard InChI is InChI=1S/C12H25NO.C2H4O2.CH5N3/c1-2-3-4-5-6-7-8-9-10-11-12(13)14;1-2(3)4;2-1(3)4/h2-11H2,1H3,(H2,13,14);1H3,(H,3,4);(H5,2,3,4). The maximum Gasteiger partial charge on any atom is 0.300 e. The number of carboxylic acids is 1. The number of nitrogens with one attached hydrogen (secondary N) is 1. The molecule has 1 amide bonds. The summed E-state index contributed by atoms with van der Waals surface area (Å²) in [6.07, 6.45) is 12.1. The van der Waals surface area contributed by atoms with Crippen LogP contribution in [0.1, 0.15) is 78.1 Å². The molecule has 0 aliphatic carbocycles. The Bertz CT molecular complexity index is 264. The summed E-state index contributed by atoms with van der Waals surface area (Å²) in [6.45, 7) is 3.32. The van der Waals surface area contributed by atoms with Crippen molar-refractivity contribution in [1.29, 1.82) is 5.41 Å². The van der Waals surface area contributed by atoms with Crippen molar-refractivity contribution in [3.05, 3.63) is 0 Å². The highest BCUT2D eigenvalue weighted by molar-refractivity contribution is 5.73. The number of guanidine groups is 1. The number of aliphatic carboxylic acids is 1. The Balaban J connectivity index is -0.000000372. The summed E-state index contributed by atoms with van der Waals surface area (Å²) in [5.41, 5.74) is 14.0. The van der Waals surface area contributed by atoms with E-state index in [0.717, 1.165) is 19.8 Å². The Hall–Kier alpha value is -1.79. The zero-order valence-electron chi connectivity index (χ0n) is 14.1. The van der Waals surface area contributed by atoms with Crippen LogP contribution in [0.2, 0.25) is 0 Å². The van der Waals surface area contributed by atoms with Gasteiger partial charge in [0.05, 0.1) is 0 Å². The number of hydrogen-bond donors (Lipinski definition) is 5. The van der Waals surface area contributed by atoms with Gasteiger partial charge in [-0.15, -0.1) is 0 Å². The molecule has 0 bridgehead atoms. The van der Waals surface area contributed by atoms with Gasteiger partial charge in [0.2, 0.25) is 5.91 Å². The molecule has 0 aromatic carbocycles. The highest BCUT2D eigenvalue weighted by Gasteiger charge is 1.94. The number of rotatable bonds is 10. The van der Waals surface area contributed by atoms with Crippen LogP contribution >= 0.6 is 0 Å². The highest BCUT2D eigenvalue weighted by Crippen LogP contribution is 2.10. The molecule has 0 fully saturated rings. The lowest BCUT2D eigenvalue weighted by atomic mass is 10.1. The van der Waals surface area contributed by atoms with Crippen LogP contribution in [-0.2, 0) is 9.59 Å². The molecule has 7 heteroatoms.